The van der Waals surface area contributed by atoms with Crippen LogP contribution in [0.25, 0.3) is 11.0 Å². The molecular formula is C32H39NO11. The summed E-state index contributed by atoms with van der Waals surface area (Å²) < 4.78 is 33.0. The second-order valence-corrected chi connectivity index (χ2v) is 11.4. The maximum Gasteiger partial charge on any atom is 0.351 e. The van der Waals surface area contributed by atoms with Crippen LogP contribution >= 0.6 is 0 Å². The summed E-state index contributed by atoms with van der Waals surface area (Å²) in [5.41, 5.74) is -1.56. The largest absolute Gasteiger partial charge is 0.493 e. The number of carbonyl (C=O) groups excluding carboxylic acids is 2. The average Bonchev–Trinajstić information content (AvgIpc) is 2.93. The number of nitrogens with zero attached hydrogens (tertiary/aromatic N) is 1. The molecule has 1 atom stereocenters. The third-order valence-corrected chi connectivity index (χ3v) is 6.17. The average molecular weight is 614 g/mol. The van der Waals surface area contributed by atoms with Crippen molar-refractivity contribution in [3.63, 3.8) is 0 Å². The summed E-state index contributed by atoms with van der Waals surface area (Å²) in [7, 11) is 0. The summed E-state index contributed by atoms with van der Waals surface area (Å²) >= 11 is 0. The van der Waals surface area contributed by atoms with Crippen molar-refractivity contribution in [2.45, 2.75) is 85.2 Å². The highest BCUT2D eigenvalue weighted by atomic mass is 16.6. The van der Waals surface area contributed by atoms with Crippen LogP contribution in [0.4, 0.5) is 5.69 Å². The zero-order valence-corrected chi connectivity index (χ0v) is 26.0. The number of esters is 2. The number of carbonyl (C=O) groups is 2. The molecule has 0 amide bonds. The van der Waals surface area contributed by atoms with Crippen molar-refractivity contribution in [2.24, 2.45) is 0 Å². The summed E-state index contributed by atoms with van der Waals surface area (Å²) in [5.74, 6) is -0.601. The highest BCUT2D eigenvalue weighted by Crippen LogP contribution is 2.33. The van der Waals surface area contributed by atoms with Gasteiger partial charge < -0.3 is 28.1 Å². The lowest BCUT2D eigenvalue weighted by Crippen LogP contribution is -2.34. The van der Waals surface area contributed by atoms with Crippen molar-refractivity contribution in [1.82, 2.24) is 0 Å². The minimum atomic E-state index is -0.850. The molecule has 0 aliphatic rings. The first-order valence-corrected chi connectivity index (χ1v) is 14.4. The first-order chi connectivity index (χ1) is 20.6. The van der Waals surface area contributed by atoms with E-state index in [0.717, 1.165) is 0 Å². The number of hydrogen-bond acceptors (Lipinski definition) is 11. The first-order valence-electron chi connectivity index (χ1n) is 14.4. The molecule has 0 bridgehead atoms. The topological polar surface area (TPSA) is 154 Å². The van der Waals surface area contributed by atoms with E-state index in [2.05, 4.69) is 0 Å². The van der Waals surface area contributed by atoms with Gasteiger partial charge >= 0.3 is 17.6 Å². The van der Waals surface area contributed by atoms with Crippen molar-refractivity contribution in [3.8, 4) is 11.5 Å². The fraction of sp³-hybridized carbons (Fsp3) is 0.469. The lowest BCUT2D eigenvalue weighted by Gasteiger charge is -2.26. The second-order valence-electron chi connectivity index (χ2n) is 11.4. The summed E-state index contributed by atoms with van der Waals surface area (Å²) in [6.45, 7) is 12.8. The van der Waals surface area contributed by atoms with Gasteiger partial charge in [-0.3, -0.25) is 14.9 Å². The monoisotopic (exact) mass is 613 g/mol. The Morgan fingerprint density at radius 3 is 2.34 bits per heavy atom. The summed E-state index contributed by atoms with van der Waals surface area (Å²) in [5, 5.41) is 12.4. The van der Waals surface area contributed by atoms with Crippen LogP contribution < -0.4 is 15.1 Å². The van der Waals surface area contributed by atoms with Crippen molar-refractivity contribution >= 4 is 28.6 Å². The standard InChI is InChI=1S/C32H39NO11/c1-19(2)40-18-32(6,7)44-29(34)9-8-14-39-23-12-13-25(27(16-23)33(37)38)21(5)42-24-11-10-22-15-26(30(35)41-20(3)4)31(36)43-28(22)17-24/h10-13,15-17,19-21H,8-9,14,18H2,1-7H3. The normalized spacial score (nSPS) is 12.3. The zero-order valence-electron chi connectivity index (χ0n) is 26.0. The predicted molar refractivity (Wildman–Crippen MR) is 161 cm³/mol. The summed E-state index contributed by atoms with van der Waals surface area (Å²) in [6.07, 6.45) is -0.665. The molecule has 0 saturated carbocycles. The van der Waals surface area contributed by atoms with Gasteiger partial charge in [-0.25, -0.2) is 9.59 Å². The molecule has 1 heterocycles. The second kappa shape index (κ2) is 14.8. The van der Waals surface area contributed by atoms with Gasteiger partial charge in [0.2, 0.25) is 0 Å². The third kappa shape index (κ3) is 9.80. The minimum absolute atomic E-state index is 0.0208. The number of rotatable bonds is 15. The molecule has 3 rings (SSSR count). The third-order valence-electron chi connectivity index (χ3n) is 6.17. The van der Waals surface area contributed by atoms with Gasteiger partial charge in [0.05, 0.1) is 42.0 Å². The lowest BCUT2D eigenvalue weighted by molar-refractivity contribution is -0.386. The molecule has 12 heteroatoms. The molecular weight excluding hydrogens is 574 g/mol. The van der Waals surface area contributed by atoms with E-state index >= 15 is 0 Å². The molecule has 3 aromatic rings. The van der Waals surface area contributed by atoms with Crippen LogP contribution in [-0.4, -0.2) is 47.9 Å². The molecule has 0 radical (unpaired) electrons. The maximum absolute atomic E-state index is 12.4. The fourth-order valence-corrected chi connectivity index (χ4v) is 4.13. The number of nitro benzene ring substituents is 1. The molecule has 0 saturated heterocycles. The van der Waals surface area contributed by atoms with Gasteiger partial charge in [-0.15, -0.1) is 0 Å². The fourth-order valence-electron chi connectivity index (χ4n) is 4.13. The summed E-state index contributed by atoms with van der Waals surface area (Å²) in [4.78, 5) is 48.1. The Morgan fingerprint density at radius 2 is 1.68 bits per heavy atom. The Labute approximate surface area is 255 Å². The molecule has 0 aliphatic heterocycles. The Hall–Kier alpha value is -4.45. The van der Waals surface area contributed by atoms with E-state index in [-0.39, 0.29) is 54.3 Å². The smallest absolute Gasteiger partial charge is 0.351 e. The highest BCUT2D eigenvalue weighted by molar-refractivity contribution is 5.93. The Balaban J connectivity index is 1.63. The van der Waals surface area contributed by atoms with Crippen LogP contribution in [0.15, 0.2) is 51.7 Å². The number of fused-ring (bicyclic) bond motifs is 1. The zero-order chi connectivity index (χ0) is 32.6. The SMILES string of the molecule is CC(C)OCC(C)(C)OC(=O)CCCOc1ccc(C(C)Oc2ccc3cc(C(=O)OC(C)C)c(=O)oc3c2)c([N+](=O)[O-])c1. The molecule has 12 nitrogen and oxygen atoms in total. The van der Waals surface area contributed by atoms with E-state index in [1.807, 2.05) is 13.8 Å². The molecule has 0 spiro atoms. The Morgan fingerprint density at radius 1 is 0.977 bits per heavy atom. The van der Waals surface area contributed by atoms with Crippen LogP contribution in [0.2, 0.25) is 0 Å². The molecule has 1 aromatic heterocycles. The number of benzene rings is 2. The van der Waals surface area contributed by atoms with E-state index in [0.29, 0.717) is 23.1 Å². The van der Waals surface area contributed by atoms with Crippen molar-refractivity contribution in [1.29, 1.82) is 0 Å². The van der Waals surface area contributed by atoms with Crippen molar-refractivity contribution < 1.29 is 42.6 Å². The van der Waals surface area contributed by atoms with Crippen molar-refractivity contribution in [2.75, 3.05) is 13.2 Å². The van der Waals surface area contributed by atoms with Crippen molar-refractivity contribution in [3.05, 3.63) is 74.1 Å². The van der Waals surface area contributed by atoms with E-state index in [1.165, 1.54) is 24.3 Å². The van der Waals surface area contributed by atoms with E-state index < -0.39 is 34.3 Å². The quantitative estimate of drug-likeness (QED) is 0.0622. The minimum Gasteiger partial charge on any atom is -0.493 e. The van der Waals surface area contributed by atoms with Crippen LogP contribution in [0, 0.1) is 10.1 Å². The van der Waals surface area contributed by atoms with Gasteiger partial charge in [-0.05, 0) is 85.2 Å². The maximum atomic E-state index is 12.4. The molecule has 2 aromatic carbocycles. The molecule has 44 heavy (non-hydrogen) atoms. The molecule has 1 unspecified atom stereocenters. The summed E-state index contributed by atoms with van der Waals surface area (Å²) in [6, 6.07) is 10.5. The van der Waals surface area contributed by atoms with Gasteiger partial charge in [0.15, 0.2) is 0 Å². The van der Waals surface area contributed by atoms with E-state index in [9.17, 15) is 24.5 Å². The van der Waals surface area contributed by atoms with Gasteiger partial charge in [0, 0.05) is 17.9 Å². The molecule has 0 fully saturated rings. The van der Waals surface area contributed by atoms with Crippen LogP contribution in [0.5, 0.6) is 11.5 Å². The number of nitro groups is 1. The Kier molecular flexibility index (Phi) is 11.5. The van der Waals surface area contributed by atoms with E-state index in [4.69, 9.17) is 28.1 Å². The number of hydrogen-bond donors (Lipinski definition) is 0. The van der Waals surface area contributed by atoms with Crippen LogP contribution in [0.3, 0.4) is 0 Å². The van der Waals surface area contributed by atoms with Gasteiger partial charge in [0.25, 0.3) is 5.69 Å². The van der Waals surface area contributed by atoms with E-state index in [1.54, 1.807) is 52.8 Å². The van der Waals surface area contributed by atoms with Gasteiger partial charge in [0.1, 0.15) is 34.4 Å². The number of ether oxygens (including phenoxy) is 5. The molecule has 0 N–H and O–H groups in total. The lowest BCUT2D eigenvalue weighted by atomic mass is 10.1. The van der Waals surface area contributed by atoms with Gasteiger partial charge in [-0.1, -0.05) is 0 Å². The van der Waals surface area contributed by atoms with Crippen LogP contribution in [0.1, 0.15) is 83.3 Å². The Bertz CT molecular complexity index is 1540. The van der Waals surface area contributed by atoms with Crippen LogP contribution in [-0.2, 0) is 19.0 Å². The first kappa shape index (κ1) is 34.0. The highest BCUT2D eigenvalue weighted by Gasteiger charge is 2.25. The molecule has 0 aliphatic carbocycles. The predicted octanol–water partition coefficient (Wildman–Crippen LogP) is 6.31. The van der Waals surface area contributed by atoms with Gasteiger partial charge in [-0.2, -0.15) is 0 Å². The molecule has 238 valence electrons.